The van der Waals surface area contributed by atoms with E-state index < -0.39 is 6.10 Å². The normalized spacial score (nSPS) is 16.1. The number of benzene rings is 2. The van der Waals surface area contributed by atoms with Gasteiger partial charge in [-0.1, -0.05) is 60.7 Å². The molecule has 0 saturated heterocycles. The van der Waals surface area contributed by atoms with Gasteiger partial charge in [0.15, 0.2) is 5.96 Å². The predicted molar refractivity (Wildman–Crippen MR) is 123 cm³/mol. The molecule has 3 N–H and O–H groups in total. The lowest BCUT2D eigenvalue weighted by Gasteiger charge is -2.17. The van der Waals surface area contributed by atoms with Gasteiger partial charge in [-0.2, -0.15) is 0 Å². The van der Waals surface area contributed by atoms with E-state index in [-0.39, 0.29) is 29.4 Å². The monoisotopic (exact) mass is 479 g/mol. The van der Waals surface area contributed by atoms with E-state index in [1.54, 1.807) is 0 Å². The number of guanidine groups is 1. The maximum absolute atomic E-state index is 10.3. The third-order valence-corrected chi connectivity index (χ3v) is 5.02. The Morgan fingerprint density at radius 2 is 1.67 bits per heavy atom. The lowest BCUT2D eigenvalue weighted by Crippen LogP contribution is -2.38. The summed E-state index contributed by atoms with van der Waals surface area (Å²) in [5, 5.41) is 16.9. The number of halogens is 1. The molecule has 4 nitrogen and oxygen atoms in total. The Labute approximate surface area is 179 Å². The van der Waals surface area contributed by atoms with Crippen LogP contribution < -0.4 is 10.6 Å². The van der Waals surface area contributed by atoms with Crippen LogP contribution in [0.1, 0.15) is 43.4 Å². The molecule has 0 amide bonds. The molecule has 2 aromatic carbocycles. The van der Waals surface area contributed by atoms with Gasteiger partial charge in [0.1, 0.15) is 0 Å². The number of hydrogen-bond donors (Lipinski definition) is 3. The lowest BCUT2D eigenvalue weighted by atomic mass is 9.96. The SMILES string of the molecule is CCNC(=NCC1(c2ccccc2)CC1)NCCC(O)c1ccccc1.I. The van der Waals surface area contributed by atoms with Gasteiger partial charge in [0, 0.05) is 18.5 Å². The first-order valence-electron chi connectivity index (χ1n) is 9.54. The quantitative estimate of drug-likeness (QED) is 0.305. The molecular formula is C22H30IN3O. The summed E-state index contributed by atoms with van der Waals surface area (Å²) in [5.74, 6) is 0.829. The van der Waals surface area contributed by atoms with Gasteiger partial charge in [-0.3, -0.25) is 4.99 Å². The van der Waals surface area contributed by atoms with E-state index in [4.69, 9.17) is 4.99 Å². The number of aliphatic hydroxyl groups excluding tert-OH is 1. The van der Waals surface area contributed by atoms with Crippen LogP contribution in [0.3, 0.4) is 0 Å². The summed E-state index contributed by atoms with van der Waals surface area (Å²) < 4.78 is 0. The molecular weight excluding hydrogens is 449 g/mol. The lowest BCUT2D eigenvalue weighted by molar-refractivity contribution is 0.168. The van der Waals surface area contributed by atoms with E-state index in [1.165, 1.54) is 18.4 Å². The average molecular weight is 479 g/mol. The summed E-state index contributed by atoms with van der Waals surface area (Å²) >= 11 is 0. The summed E-state index contributed by atoms with van der Waals surface area (Å²) in [5.41, 5.74) is 2.56. The van der Waals surface area contributed by atoms with E-state index in [9.17, 15) is 5.11 Å². The van der Waals surface area contributed by atoms with Crippen molar-refractivity contribution in [3.8, 4) is 0 Å². The summed E-state index contributed by atoms with van der Waals surface area (Å²) in [6.07, 6.45) is 2.60. The number of nitrogens with one attached hydrogen (secondary N) is 2. The maximum Gasteiger partial charge on any atom is 0.191 e. The zero-order valence-electron chi connectivity index (χ0n) is 15.9. The van der Waals surface area contributed by atoms with E-state index >= 15 is 0 Å². The number of aliphatic hydroxyl groups is 1. The van der Waals surface area contributed by atoms with Crippen molar-refractivity contribution in [3.63, 3.8) is 0 Å². The second-order valence-corrected chi connectivity index (χ2v) is 6.98. The Hall–Kier alpha value is -1.60. The van der Waals surface area contributed by atoms with Gasteiger partial charge in [-0.15, -0.1) is 24.0 Å². The van der Waals surface area contributed by atoms with Crippen molar-refractivity contribution in [2.24, 2.45) is 4.99 Å². The van der Waals surface area contributed by atoms with Crippen LogP contribution in [-0.4, -0.2) is 30.7 Å². The smallest absolute Gasteiger partial charge is 0.191 e. The highest BCUT2D eigenvalue weighted by molar-refractivity contribution is 14.0. The minimum Gasteiger partial charge on any atom is -0.388 e. The van der Waals surface area contributed by atoms with Crippen molar-refractivity contribution < 1.29 is 5.11 Å². The van der Waals surface area contributed by atoms with Crippen molar-refractivity contribution >= 4 is 29.9 Å². The van der Waals surface area contributed by atoms with Gasteiger partial charge >= 0.3 is 0 Å². The molecule has 1 unspecified atom stereocenters. The molecule has 1 atom stereocenters. The molecule has 1 aliphatic carbocycles. The molecule has 3 rings (SSSR count). The van der Waals surface area contributed by atoms with Gasteiger partial charge in [-0.25, -0.2) is 0 Å². The molecule has 1 fully saturated rings. The molecule has 0 bridgehead atoms. The van der Waals surface area contributed by atoms with E-state index in [0.29, 0.717) is 13.0 Å². The fourth-order valence-electron chi connectivity index (χ4n) is 3.22. The highest BCUT2D eigenvalue weighted by Gasteiger charge is 2.43. The number of nitrogens with zero attached hydrogens (tertiary/aromatic N) is 1. The van der Waals surface area contributed by atoms with E-state index in [2.05, 4.69) is 47.9 Å². The molecule has 0 aliphatic heterocycles. The zero-order chi connectivity index (χ0) is 18.2. The maximum atomic E-state index is 10.3. The van der Waals surface area contributed by atoms with Crippen molar-refractivity contribution in [2.75, 3.05) is 19.6 Å². The Bertz CT molecular complexity index is 702. The van der Waals surface area contributed by atoms with Crippen molar-refractivity contribution in [1.29, 1.82) is 0 Å². The molecule has 0 spiro atoms. The number of hydrogen-bond acceptors (Lipinski definition) is 2. The molecule has 1 saturated carbocycles. The first-order chi connectivity index (χ1) is 12.7. The topological polar surface area (TPSA) is 56.7 Å². The van der Waals surface area contributed by atoms with Crippen LogP contribution in [-0.2, 0) is 5.41 Å². The van der Waals surface area contributed by atoms with E-state index in [1.807, 2.05) is 30.3 Å². The third kappa shape index (κ3) is 6.21. The Balaban J connectivity index is 0.00000261. The summed E-state index contributed by atoms with van der Waals surface area (Å²) in [7, 11) is 0. The summed E-state index contributed by atoms with van der Waals surface area (Å²) in [6.45, 7) is 4.37. The molecule has 0 radical (unpaired) electrons. The van der Waals surface area contributed by atoms with Gasteiger partial charge in [0.2, 0.25) is 0 Å². The second kappa shape index (κ2) is 10.7. The minimum atomic E-state index is -0.453. The Morgan fingerprint density at radius 1 is 1.04 bits per heavy atom. The van der Waals surface area contributed by atoms with Crippen LogP contribution in [0.15, 0.2) is 65.7 Å². The third-order valence-electron chi connectivity index (χ3n) is 5.02. The van der Waals surface area contributed by atoms with Crippen LogP contribution in [0.25, 0.3) is 0 Å². The van der Waals surface area contributed by atoms with Gasteiger partial charge < -0.3 is 15.7 Å². The van der Waals surface area contributed by atoms with E-state index in [0.717, 1.165) is 24.6 Å². The first-order valence-corrected chi connectivity index (χ1v) is 9.54. The van der Waals surface area contributed by atoms with Crippen LogP contribution in [0, 0.1) is 0 Å². The van der Waals surface area contributed by atoms with Gasteiger partial charge in [-0.05, 0) is 37.3 Å². The molecule has 2 aromatic rings. The van der Waals surface area contributed by atoms with Crippen LogP contribution in [0.2, 0.25) is 0 Å². The molecule has 1 aliphatic rings. The minimum absolute atomic E-state index is 0. The first kappa shape index (κ1) is 21.7. The van der Waals surface area contributed by atoms with Crippen molar-refractivity contribution in [3.05, 3.63) is 71.8 Å². The predicted octanol–water partition coefficient (Wildman–Crippen LogP) is 4.02. The highest BCUT2D eigenvalue weighted by atomic mass is 127. The molecule has 0 aromatic heterocycles. The van der Waals surface area contributed by atoms with Crippen LogP contribution in [0.5, 0.6) is 0 Å². The van der Waals surface area contributed by atoms with Crippen molar-refractivity contribution in [2.45, 2.75) is 37.7 Å². The fourth-order valence-corrected chi connectivity index (χ4v) is 3.22. The van der Waals surface area contributed by atoms with Gasteiger partial charge in [0.25, 0.3) is 0 Å². The molecule has 5 heteroatoms. The standard InChI is InChI=1S/C22H29N3O.HI/c1-2-23-21(24-16-13-20(26)18-9-5-3-6-10-18)25-17-22(14-15-22)19-11-7-4-8-12-19;/h3-12,20,26H,2,13-17H2,1H3,(H2,23,24,25);1H. The Kier molecular flexibility index (Phi) is 8.57. The molecule has 0 heterocycles. The Morgan fingerprint density at radius 3 is 2.26 bits per heavy atom. The summed E-state index contributed by atoms with van der Waals surface area (Å²) in [4.78, 5) is 4.81. The molecule has 146 valence electrons. The van der Waals surface area contributed by atoms with Crippen LogP contribution in [0.4, 0.5) is 0 Å². The fraction of sp³-hybridized carbons (Fsp3) is 0.409. The van der Waals surface area contributed by atoms with Gasteiger partial charge in [0.05, 0.1) is 12.6 Å². The average Bonchev–Trinajstić information content (AvgIpc) is 3.48. The zero-order valence-corrected chi connectivity index (χ0v) is 18.2. The van der Waals surface area contributed by atoms with Crippen molar-refractivity contribution in [1.82, 2.24) is 10.6 Å². The highest BCUT2D eigenvalue weighted by Crippen LogP contribution is 2.48. The molecule has 27 heavy (non-hydrogen) atoms. The van der Waals surface area contributed by atoms with Crippen LogP contribution >= 0.6 is 24.0 Å². The summed E-state index contributed by atoms with van der Waals surface area (Å²) in [6, 6.07) is 20.5. The number of aliphatic imine (C=N–C) groups is 1. The second-order valence-electron chi connectivity index (χ2n) is 6.98. The largest absolute Gasteiger partial charge is 0.388 e. The number of rotatable bonds is 8.